The van der Waals surface area contributed by atoms with Crippen molar-refractivity contribution >= 4 is 61.2 Å². The van der Waals surface area contributed by atoms with Crippen LogP contribution in [0.2, 0.25) is 0 Å². The number of hydrogen-bond acceptors (Lipinski definition) is 10. The molecule has 0 saturated carbocycles. The number of benzene rings is 2. The maximum Gasteiger partial charge on any atom is 0.338 e. The molecular weight excluding hydrogens is 801 g/mol. The monoisotopic (exact) mass is 859 g/mol. The Labute approximate surface area is 359 Å². The Balaban J connectivity index is 1.20. The summed E-state index contributed by atoms with van der Waals surface area (Å²) in [6.07, 6.45) is 23.2. The summed E-state index contributed by atoms with van der Waals surface area (Å²) < 4.78 is 40.2. The Hall–Kier alpha value is -3.78. The van der Waals surface area contributed by atoms with Crippen molar-refractivity contribution in [2.45, 2.75) is 105 Å². The smallest absolute Gasteiger partial charge is 0.338 e. The van der Waals surface area contributed by atoms with Gasteiger partial charge in [0, 0.05) is 30.0 Å². The van der Waals surface area contributed by atoms with E-state index in [0.29, 0.717) is 25.4 Å². The minimum atomic E-state index is -3.75. The van der Waals surface area contributed by atoms with Gasteiger partial charge >= 0.3 is 5.97 Å². The van der Waals surface area contributed by atoms with Crippen LogP contribution in [0.5, 0.6) is 0 Å². The molecule has 0 saturated heterocycles. The second-order valence-electron chi connectivity index (χ2n) is 16.2. The Bertz CT molecular complexity index is 2290. The van der Waals surface area contributed by atoms with Gasteiger partial charge in [-0.2, -0.15) is 13.0 Å². The van der Waals surface area contributed by atoms with Crippen molar-refractivity contribution in [2.24, 2.45) is 5.41 Å². The molecule has 0 N–H and O–H groups in total. The van der Waals surface area contributed by atoms with Crippen LogP contribution in [0.25, 0.3) is 16.3 Å². The van der Waals surface area contributed by atoms with Gasteiger partial charge in [-0.1, -0.05) is 81.2 Å². The number of ether oxygens (including phenoxy) is 1. The summed E-state index contributed by atoms with van der Waals surface area (Å²) in [7, 11) is -3.75. The Kier molecular flexibility index (Phi) is 15.7. The highest BCUT2D eigenvalue weighted by atomic mass is 32.2. The van der Waals surface area contributed by atoms with Crippen molar-refractivity contribution in [1.29, 1.82) is 0 Å². The third kappa shape index (κ3) is 12.6. The van der Waals surface area contributed by atoms with Crippen LogP contribution in [0.4, 0.5) is 5.69 Å². The van der Waals surface area contributed by atoms with E-state index in [4.69, 9.17) is 18.7 Å². The molecule has 1 aromatic heterocycles. The molecule has 0 spiro atoms. The number of aryl methyl sites for hydroxylation is 1. The Morgan fingerprint density at radius 3 is 2.44 bits per heavy atom. The first-order chi connectivity index (χ1) is 28.3. The second-order valence-corrected chi connectivity index (χ2v) is 20.1. The average Bonchev–Trinajstić information content (AvgIpc) is 3.74. The molecule has 9 nitrogen and oxygen atoms in total. The van der Waals surface area contributed by atoms with Crippen LogP contribution in [-0.4, -0.2) is 46.5 Å². The number of esters is 1. The number of thiazole rings is 1. The molecule has 2 aliphatic carbocycles. The fourth-order valence-corrected chi connectivity index (χ4v) is 10.5. The van der Waals surface area contributed by atoms with Crippen molar-refractivity contribution < 1.29 is 36.5 Å². The average molecular weight is 860 g/mol. The number of thioether (sulfide) groups is 1. The lowest BCUT2D eigenvalue weighted by Crippen LogP contribution is -2.34. The predicted octanol–water partition coefficient (Wildman–Crippen LogP) is 11.2. The third-order valence-corrected chi connectivity index (χ3v) is 13.4. The van der Waals surface area contributed by atoms with E-state index in [1.807, 2.05) is 56.1 Å². The minimum absolute atomic E-state index is 0.122. The van der Waals surface area contributed by atoms with Gasteiger partial charge in [-0.25, -0.2) is 14.6 Å². The van der Waals surface area contributed by atoms with E-state index in [0.717, 1.165) is 72.7 Å². The molecule has 2 heterocycles. The van der Waals surface area contributed by atoms with Gasteiger partial charge in [0.2, 0.25) is 5.52 Å². The fourth-order valence-electron chi connectivity index (χ4n) is 7.18. The summed E-state index contributed by atoms with van der Waals surface area (Å²) in [5.41, 5.74) is 8.68. The maximum absolute atomic E-state index is 12.9. The maximum atomic E-state index is 12.9. The quantitative estimate of drug-likeness (QED) is 0.0328. The summed E-state index contributed by atoms with van der Waals surface area (Å²) in [6.45, 7) is 14.3. The number of anilines is 1. The van der Waals surface area contributed by atoms with Crippen molar-refractivity contribution in [3.63, 3.8) is 0 Å². The molecule has 12 heteroatoms. The molecule has 3 aliphatic rings. The first kappa shape index (κ1) is 44.8. The van der Waals surface area contributed by atoms with Crippen LogP contribution in [-0.2, 0) is 42.0 Å². The lowest BCUT2D eigenvalue weighted by atomic mass is 9.89. The van der Waals surface area contributed by atoms with Crippen molar-refractivity contribution in [3.05, 3.63) is 116 Å². The zero-order valence-electron chi connectivity index (χ0n) is 35.4. The molecule has 0 unspecified atom stereocenters. The Morgan fingerprint density at radius 1 is 0.898 bits per heavy atom. The SMILES string of the molecule is CCC[n+]1c(/C=C/C2=CC(=C/C3=CC(=C/C=C4\Sc5cc(C(=O)OCC)ccc5N4CCS(=O)(=O)OCC(C)(C)C)/CCC3)/CCC2)sc2cc(COOCC)ccc21. The molecular formula is C47H59N2O7S3+. The lowest BCUT2D eigenvalue weighted by Gasteiger charge is -2.22. The van der Waals surface area contributed by atoms with E-state index < -0.39 is 10.1 Å². The van der Waals surface area contributed by atoms with E-state index in [9.17, 15) is 13.2 Å². The highest BCUT2D eigenvalue weighted by Crippen LogP contribution is 2.46. The normalized spacial score (nSPS) is 18.3. The van der Waals surface area contributed by atoms with Crippen molar-refractivity contribution in [3.8, 4) is 0 Å². The van der Waals surface area contributed by atoms with E-state index in [1.54, 1.807) is 13.0 Å². The number of hydrogen-bond donors (Lipinski definition) is 0. The molecule has 2 aromatic carbocycles. The molecule has 0 bridgehead atoms. The molecule has 0 radical (unpaired) electrons. The van der Waals surface area contributed by atoms with Crippen molar-refractivity contribution in [1.82, 2.24) is 0 Å². The third-order valence-electron chi connectivity index (χ3n) is 10.0. The van der Waals surface area contributed by atoms with Gasteiger partial charge in [-0.05, 0) is 122 Å². The number of rotatable bonds is 17. The topological polar surface area (TPSA) is 95.3 Å². The summed E-state index contributed by atoms with van der Waals surface area (Å²) in [5.74, 6) is -0.533. The molecule has 59 heavy (non-hydrogen) atoms. The minimum Gasteiger partial charge on any atom is -0.462 e. The highest BCUT2D eigenvalue weighted by Gasteiger charge is 2.29. The van der Waals surface area contributed by atoms with E-state index in [1.165, 1.54) is 49.3 Å². The second kappa shape index (κ2) is 20.7. The van der Waals surface area contributed by atoms with Gasteiger partial charge in [-0.3, -0.25) is 4.18 Å². The van der Waals surface area contributed by atoms with E-state index in [2.05, 4.69) is 72.2 Å². The van der Waals surface area contributed by atoms with Crippen LogP contribution in [0.1, 0.15) is 107 Å². The van der Waals surface area contributed by atoms with Crippen LogP contribution in [0.3, 0.4) is 0 Å². The van der Waals surface area contributed by atoms with Crippen LogP contribution >= 0.6 is 23.1 Å². The predicted molar refractivity (Wildman–Crippen MR) is 241 cm³/mol. The zero-order valence-corrected chi connectivity index (χ0v) is 37.8. The Morgan fingerprint density at radius 2 is 1.68 bits per heavy atom. The zero-order chi connectivity index (χ0) is 42.0. The van der Waals surface area contributed by atoms with Crippen molar-refractivity contribution in [2.75, 3.05) is 37.0 Å². The van der Waals surface area contributed by atoms with E-state index in [-0.39, 0.29) is 30.3 Å². The van der Waals surface area contributed by atoms with Gasteiger partial charge in [0.25, 0.3) is 15.1 Å². The van der Waals surface area contributed by atoms with Gasteiger partial charge in [0.05, 0.1) is 41.9 Å². The van der Waals surface area contributed by atoms with Crippen LogP contribution in [0.15, 0.2) is 105 Å². The van der Waals surface area contributed by atoms with Gasteiger partial charge in [0.1, 0.15) is 17.9 Å². The molecule has 1 aliphatic heterocycles. The summed E-state index contributed by atoms with van der Waals surface area (Å²) >= 11 is 3.35. The first-order valence-corrected chi connectivity index (χ1v) is 24.1. The molecule has 0 atom stereocenters. The summed E-state index contributed by atoms with van der Waals surface area (Å²) in [5, 5.41) is 2.15. The highest BCUT2D eigenvalue weighted by molar-refractivity contribution is 8.03. The number of nitrogens with zero attached hydrogens (tertiary/aromatic N) is 2. The molecule has 316 valence electrons. The van der Waals surface area contributed by atoms with E-state index >= 15 is 0 Å². The summed E-state index contributed by atoms with van der Waals surface area (Å²) in [6, 6.07) is 12.0. The number of carbonyl (C=O) groups is 1. The summed E-state index contributed by atoms with van der Waals surface area (Å²) in [4.78, 5) is 25.9. The number of aromatic nitrogens is 1. The van der Waals surface area contributed by atoms with Crippen LogP contribution < -0.4 is 9.47 Å². The van der Waals surface area contributed by atoms with Gasteiger partial charge < -0.3 is 9.64 Å². The molecule has 3 aromatic rings. The van der Waals surface area contributed by atoms with Gasteiger partial charge in [0.15, 0.2) is 0 Å². The van der Waals surface area contributed by atoms with Crippen LogP contribution in [0, 0.1) is 5.41 Å². The lowest BCUT2D eigenvalue weighted by molar-refractivity contribution is -0.668. The number of fused-ring (bicyclic) bond motifs is 2. The first-order valence-electron chi connectivity index (χ1n) is 20.9. The molecule has 0 fully saturated rings. The van der Waals surface area contributed by atoms with Gasteiger partial charge in [-0.15, -0.1) is 0 Å². The number of carbonyl (C=O) groups excluding carboxylic acids is 1. The standard InChI is InChI=1S/C47H59N2O7S3/c1-7-24-48-40-20-16-38(32-55-54-9-3)30-42(40)57-44(48)22-17-34-12-10-14-36(27-34)29-37-15-11-13-35(28-37)18-23-45-49(25-26-59(51,52)56-33-47(4,5)6)41-21-19-39(31-43(41)58-45)46(50)53-8-2/h16-23,27-31H,7-15,24-26,32-33H2,1-6H3/q+1. The number of allylic oxidation sites excluding steroid dienone is 10. The molecule has 6 rings (SSSR count). The molecule has 0 amide bonds. The largest absolute Gasteiger partial charge is 0.462 e. The fraction of sp³-hybridized carbons (Fsp3) is 0.447.